The second-order valence-electron chi connectivity index (χ2n) is 19.3. The maximum Gasteiger partial charge on any atom is 0.407 e. The lowest BCUT2D eigenvalue weighted by Gasteiger charge is -2.37. The summed E-state index contributed by atoms with van der Waals surface area (Å²) in [6.07, 6.45) is 0.780. The molecular weight excluding hydrogens is 843 g/mol. The summed E-state index contributed by atoms with van der Waals surface area (Å²) in [4.78, 5) is 63.4. The van der Waals surface area contributed by atoms with Crippen molar-refractivity contribution < 1.29 is 37.4 Å². The summed E-state index contributed by atoms with van der Waals surface area (Å²) in [5.41, 5.74) is 4.26. The van der Waals surface area contributed by atoms with E-state index in [4.69, 9.17) is 4.74 Å². The average Bonchev–Trinajstić information content (AvgIpc) is 3.84. The molecule has 17 heteroatoms. The highest BCUT2D eigenvalue weighted by Crippen LogP contribution is 2.31. The maximum atomic E-state index is 14.3. The number of sulfonamides is 1. The predicted molar refractivity (Wildman–Crippen MR) is 242 cm³/mol. The highest BCUT2D eigenvalue weighted by atomic mass is 32.2. The lowest BCUT2D eigenvalue weighted by Crippen LogP contribution is -2.59. The number of alkyl carbamates (subject to hydrolysis) is 1. The zero-order chi connectivity index (χ0) is 45.9. The third-order valence-electron chi connectivity index (χ3n) is 12.1. The first kappa shape index (κ1) is 48.0. The van der Waals surface area contributed by atoms with Crippen LogP contribution in [-0.4, -0.2) is 119 Å². The second-order valence-corrected chi connectivity index (χ2v) is 22.1. The zero-order valence-electron chi connectivity index (χ0n) is 37.8. The molecule has 3 saturated heterocycles. The van der Waals surface area contributed by atoms with Gasteiger partial charge in [0.1, 0.15) is 17.7 Å². The molecule has 3 aromatic rings. The SMILES string of the molecule is Cc1ncsc1-c1ccc([C@H](C)NC(=O)[C@@H]2C[C@@H](O)CN2C(=O)[C@H](NC(=O)C2CCN(Cc3cccc(S(=O)(=O)N4CCC(NC(=O)OC(C)(C)C)CC4)c3)CC2)C(C)(C)C)cc1. The van der Waals surface area contributed by atoms with E-state index in [2.05, 4.69) is 25.8 Å². The van der Waals surface area contributed by atoms with Crippen molar-refractivity contribution in [2.75, 3.05) is 32.7 Å². The minimum atomic E-state index is -3.75. The van der Waals surface area contributed by atoms with Gasteiger partial charge in [0.25, 0.3) is 0 Å². The Labute approximate surface area is 376 Å². The number of nitrogens with zero attached hydrogens (tertiary/aromatic N) is 4. The quantitative estimate of drug-likeness (QED) is 0.184. The van der Waals surface area contributed by atoms with E-state index in [0.717, 1.165) is 27.3 Å². The third kappa shape index (κ3) is 12.2. The Morgan fingerprint density at radius 1 is 0.921 bits per heavy atom. The van der Waals surface area contributed by atoms with Crippen molar-refractivity contribution in [2.24, 2.45) is 11.3 Å². The van der Waals surface area contributed by atoms with Crippen molar-refractivity contribution in [1.82, 2.24) is 35.0 Å². The number of aliphatic hydroxyl groups excluding tert-OH is 1. The first-order valence-electron chi connectivity index (χ1n) is 22.0. The topological polar surface area (TPSA) is 191 Å². The normalized spacial score (nSPS) is 20.8. The number of benzene rings is 2. The molecule has 3 fully saturated rings. The van der Waals surface area contributed by atoms with Gasteiger partial charge in [-0.05, 0) is 108 Å². The molecule has 344 valence electrons. The summed E-state index contributed by atoms with van der Waals surface area (Å²) in [5, 5.41) is 19.7. The minimum absolute atomic E-state index is 0.0105. The predicted octanol–water partition coefficient (Wildman–Crippen LogP) is 5.38. The summed E-state index contributed by atoms with van der Waals surface area (Å²) in [5.74, 6) is -1.33. The molecule has 0 unspecified atom stereocenters. The van der Waals surface area contributed by atoms with Gasteiger partial charge in [0.15, 0.2) is 0 Å². The van der Waals surface area contributed by atoms with Crippen molar-refractivity contribution in [3.63, 3.8) is 0 Å². The van der Waals surface area contributed by atoms with Crippen LogP contribution in [0.3, 0.4) is 0 Å². The van der Waals surface area contributed by atoms with Crippen LogP contribution in [-0.2, 0) is 35.7 Å². The van der Waals surface area contributed by atoms with Crippen molar-refractivity contribution in [2.45, 2.75) is 135 Å². The number of aromatic nitrogens is 1. The van der Waals surface area contributed by atoms with Gasteiger partial charge < -0.3 is 30.7 Å². The number of β-amino-alcohol motifs (C(OH)–C–C–N with tert-alkyl or cyclic N) is 1. The number of aliphatic hydroxyl groups is 1. The Balaban J connectivity index is 1.00. The molecule has 0 radical (unpaired) electrons. The fraction of sp³-hybridized carbons (Fsp3) is 0.587. The van der Waals surface area contributed by atoms with Crippen LogP contribution >= 0.6 is 11.3 Å². The molecule has 4 heterocycles. The lowest BCUT2D eigenvalue weighted by molar-refractivity contribution is -0.145. The number of hydrogen-bond donors (Lipinski definition) is 4. The van der Waals surface area contributed by atoms with E-state index in [0.29, 0.717) is 45.3 Å². The molecule has 1 aromatic heterocycles. The molecule has 0 saturated carbocycles. The lowest BCUT2D eigenvalue weighted by atomic mass is 9.84. The third-order valence-corrected chi connectivity index (χ3v) is 15.0. The van der Waals surface area contributed by atoms with Gasteiger partial charge in [-0.25, -0.2) is 18.2 Å². The number of likely N-dealkylation sites (tertiary alicyclic amines) is 2. The first-order chi connectivity index (χ1) is 29.6. The Kier molecular flexibility index (Phi) is 15.1. The number of aryl methyl sites for hydroxylation is 1. The van der Waals surface area contributed by atoms with E-state index in [-0.39, 0.29) is 60.8 Å². The van der Waals surface area contributed by atoms with Gasteiger partial charge in [0.05, 0.1) is 33.1 Å². The number of ether oxygens (including phenoxy) is 1. The van der Waals surface area contributed by atoms with Gasteiger partial charge >= 0.3 is 6.09 Å². The Morgan fingerprint density at radius 3 is 2.19 bits per heavy atom. The van der Waals surface area contributed by atoms with Gasteiger partial charge in [0, 0.05) is 44.6 Å². The summed E-state index contributed by atoms with van der Waals surface area (Å²) < 4.78 is 34.1. The molecule has 0 aliphatic carbocycles. The molecule has 2 aromatic carbocycles. The molecule has 63 heavy (non-hydrogen) atoms. The first-order valence-corrected chi connectivity index (χ1v) is 24.3. The van der Waals surface area contributed by atoms with Crippen molar-refractivity contribution in [3.05, 3.63) is 70.9 Å². The number of carbonyl (C=O) groups is 4. The largest absolute Gasteiger partial charge is 0.444 e. The van der Waals surface area contributed by atoms with Gasteiger partial charge in [-0.2, -0.15) is 4.31 Å². The van der Waals surface area contributed by atoms with Gasteiger partial charge in [-0.3, -0.25) is 19.3 Å². The standard InChI is InChI=1S/C46H65N7O8S2/c1-29(32-12-14-33(15-13-32)39-30(2)47-28-62-39)48-42(56)38-25-36(54)27-53(38)43(57)40(45(3,4)5)50-41(55)34-16-20-51(21-17-34)26-31-10-9-11-37(24-31)63(59,60)52-22-18-35(19-23-52)49-44(58)61-46(6,7)8/h9-15,24,28-29,34-36,38,40,54H,16-23,25-27H2,1-8H3,(H,48,56)(H,49,58)(H,50,55)/t29-,36+,38-,40-/m0/s1. The van der Waals surface area contributed by atoms with Crippen LogP contribution in [0.25, 0.3) is 10.4 Å². The van der Waals surface area contributed by atoms with E-state index in [1.54, 1.807) is 50.3 Å². The highest BCUT2D eigenvalue weighted by Gasteiger charge is 2.45. The minimum Gasteiger partial charge on any atom is -0.444 e. The number of nitrogens with one attached hydrogen (secondary N) is 3. The molecule has 4 atom stereocenters. The number of piperidine rings is 2. The number of rotatable bonds is 12. The highest BCUT2D eigenvalue weighted by molar-refractivity contribution is 7.89. The molecule has 6 rings (SSSR count). The maximum absolute atomic E-state index is 14.3. The Bertz CT molecular complexity index is 2200. The van der Waals surface area contributed by atoms with Crippen LogP contribution in [0.2, 0.25) is 0 Å². The van der Waals surface area contributed by atoms with Crippen molar-refractivity contribution >= 4 is 45.2 Å². The molecule has 3 aliphatic rings. The Morgan fingerprint density at radius 2 is 1.59 bits per heavy atom. The number of hydrogen-bond acceptors (Lipinski definition) is 11. The van der Waals surface area contributed by atoms with E-state index < -0.39 is 51.2 Å². The van der Waals surface area contributed by atoms with Gasteiger partial charge in [-0.1, -0.05) is 57.2 Å². The molecule has 0 bridgehead atoms. The Hall–Kier alpha value is -4.42. The average molecular weight is 908 g/mol. The summed E-state index contributed by atoms with van der Waals surface area (Å²) in [6.45, 7) is 17.1. The molecule has 4 amide bonds. The van der Waals surface area contributed by atoms with Crippen LogP contribution in [0, 0.1) is 18.3 Å². The fourth-order valence-corrected chi connectivity index (χ4v) is 10.9. The molecule has 3 aliphatic heterocycles. The monoisotopic (exact) mass is 907 g/mol. The summed E-state index contributed by atoms with van der Waals surface area (Å²) in [7, 11) is -3.75. The van der Waals surface area contributed by atoms with Crippen molar-refractivity contribution in [3.8, 4) is 10.4 Å². The van der Waals surface area contributed by atoms with Crippen LogP contribution in [0.5, 0.6) is 0 Å². The van der Waals surface area contributed by atoms with E-state index in [9.17, 15) is 32.7 Å². The van der Waals surface area contributed by atoms with Crippen LogP contribution < -0.4 is 16.0 Å². The fourth-order valence-electron chi connectivity index (χ4n) is 8.56. The number of thiazole rings is 1. The van der Waals surface area contributed by atoms with Crippen LogP contribution in [0.1, 0.15) is 103 Å². The smallest absolute Gasteiger partial charge is 0.407 e. The summed E-state index contributed by atoms with van der Waals surface area (Å²) >= 11 is 1.57. The molecule has 0 spiro atoms. The number of amides is 4. The van der Waals surface area contributed by atoms with E-state index >= 15 is 0 Å². The van der Waals surface area contributed by atoms with Crippen molar-refractivity contribution in [1.29, 1.82) is 0 Å². The zero-order valence-corrected chi connectivity index (χ0v) is 39.5. The molecule has 4 N–H and O–H groups in total. The van der Waals surface area contributed by atoms with Gasteiger partial charge in [-0.15, -0.1) is 11.3 Å². The second kappa shape index (κ2) is 19.8. The van der Waals surface area contributed by atoms with Crippen LogP contribution in [0.15, 0.2) is 58.9 Å². The van der Waals surface area contributed by atoms with E-state index in [1.807, 2.05) is 70.5 Å². The van der Waals surface area contributed by atoms with Gasteiger partial charge in [0.2, 0.25) is 27.7 Å². The van der Waals surface area contributed by atoms with Crippen LogP contribution in [0.4, 0.5) is 4.79 Å². The summed E-state index contributed by atoms with van der Waals surface area (Å²) in [6, 6.07) is 12.6. The molecule has 15 nitrogen and oxygen atoms in total. The molecular formula is C46H65N7O8S2. The number of carbonyl (C=O) groups excluding carboxylic acids is 4. The van der Waals surface area contributed by atoms with E-state index in [1.165, 1.54) is 9.21 Å².